The lowest BCUT2D eigenvalue weighted by molar-refractivity contribution is 0.568. The van der Waals surface area contributed by atoms with Crippen LogP contribution >= 0.6 is 46.7 Å². The average Bonchev–Trinajstić information content (AvgIpc) is 2.74. The van der Waals surface area contributed by atoms with E-state index in [0.29, 0.717) is 15.6 Å². The molecule has 0 unspecified atom stereocenters. The van der Waals surface area contributed by atoms with Crippen LogP contribution in [0, 0.1) is 6.92 Å². The molecular weight excluding hydrogens is 455 g/mol. The quantitative estimate of drug-likeness (QED) is 0.216. The van der Waals surface area contributed by atoms with E-state index in [1.54, 1.807) is 41.7 Å². The number of halogens is 2. The monoisotopic (exact) mass is 480 g/mol. The molecule has 3 rings (SSSR count). The molecule has 3 aromatic carbocycles. The summed E-state index contributed by atoms with van der Waals surface area (Å²) in [6, 6.07) is 16.7. The van der Waals surface area contributed by atoms with Gasteiger partial charge in [0.2, 0.25) is 0 Å². The van der Waals surface area contributed by atoms with Crippen LogP contribution in [-0.2, 0) is 5.66 Å². The third kappa shape index (κ3) is 5.38. The molecule has 0 amide bonds. The molecule has 4 nitrogen and oxygen atoms in total. The van der Waals surface area contributed by atoms with Crippen molar-refractivity contribution in [2.45, 2.75) is 22.4 Å². The first-order chi connectivity index (χ1) is 14.1. The maximum absolute atomic E-state index is 6.16. The molecule has 0 atom stereocenters. The van der Waals surface area contributed by atoms with Crippen LogP contribution in [0.4, 0.5) is 11.4 Å². The normalized spacial score (nSPS) is 11.0. The summed E-state index contributed by atoms with van der Waals surface area (Å²) in [7, 11) is 0. The van der Waals surface area contributed by atoms with Gasteiger partial charge in [-0.15, -0.1) is 23.5 Å². The Morgan fingerprint density at radius 2 is 1.47 bits per heavy atom. The lowest BCUT2D eigenvalue weighted by Gasteiger charge is -2.27. The molecule has 0 aliphatic rings. The van der Waals surface area contributed by atoms with Gasteiger partial charge in [0.15, 0.2) is 0 Å². The first-order valence-corrected chi connectivity index (χ1v) is 12.2. The number of benzene rings is 3. The Kier molecular flexibility index (Phi) is 8.79. The highest BCUT2D eigenvalue weighted by Gasteiger charge is 2.27. The standard InChI is InChI=1S/C13H12Cl2N2.C9H14N2S2/c14-11-8-4-7-10(12(11)15)13(16,17)9-5-2-1-3-6-9;1-5-4-6(12-2)8(11)9(13-3)7(5)10/h1-8H,16-17H2;4H,10-11H2,1-3H3. The molecule has 0 saturated carbocycles. The highest BCUT2D eigenvalue weighted by Crippen LogP contribution is 2.38. The third-order valence-corrected chi connectivity index (χ3v) is 7.04. The minimum atomic E-state index is -1.15. The molecule has 3 aromatic rings. The summed E-state index contributed by atoms with van der Waals surface area (Å²) in [6.45, 7) is 2.01. The van der Waals surface area contributed by atoms with E-state index in [9.17, 15) is 0 Å². The number of nitrogen functional groups attached to an aromatic ring is 2. The summed E-state index contributed by atoms with van der Waals surface area (Å²) < 4.78 is 0. The van der Waals surface area contributed by atoms with Gasteiger partial charge in [-0.05, 0) is 42.7 Å². The maximum atomic E-state index is 6.16. The molecule has 30 heavy (non-hydrogen) atoms. The molecule has 8 heteroatoms. The van der Waals surface area contributed by atoms with E-state index in [1.165, 1.54) is 0 Å². The number of aryl methyl sites for hydroxylation is 1. The fraction of sp³-hybridized carbons (Fsp3) is 0.182. The fourth-order valence-corrected chi connectivity index (χ4v) is 4.72. The van der Waals surface area contributed by atoms with Gasteiger partial charge in [-0.25, -0.2) is 0 Å². The molecule has 0 aromatic heterocycles. The van der Waals surface area contributed by atoms with Crippen molar-refractivity contribution in [3.05, 3.63) is 81.3 Å². The minimum absolute atomic E-state index is 0.392. The van der Waals surface area contributed by atoms with Gasteiger partial charge in [-0.3, -0.25) is 0 Å². The van der Waals surface area contributed by atoms with Gasteiger partial charge in [-0.1, -0.05) is 65.7 Å². The lowest BCUT2D eigenvalue weighted by Crippen LogP contribution is -2.47. The van der Waals surface area contributed by atoms with Crippen LogP contribution < -0.4 is 22.9 Å². The Morgan fingerprint density at radius 1 is 0.833 bits per heavy atom. The Balaban J connectivity index is 0.000000222. The summed E-state index contributed by atoms with van der Waals surface area (Å²) in [6.07, 6.45) is 4.01. The summed E-state index contributed by atoms with van der Waals surface area (Å²) >= 11 is 15.4. The lowest BCUT2D eigenvalue weighted by atomic mass is 9.93. The molecule has 160 valence electrons. The van der Waals surface area contributed by atoms with E-state index in [0.717, 1.165) is 32.3 Å². The SMILES string of the molecule is CSc1cc(C)c(N)c(SC)c1N.NC(N)(c1ccccc1)c1cccc(Cl)c1Cl. The van der Waals surface area contributed by atoms with Crippen molar-refractivity contribution in [3.63, 3.8) is 0 Å². The van der Waals surface area contributed by atoms with Crippen molar-refractivity contribution >= 4 is 58.1 Å². The number of rotatable bonds is 4. The van der Waals surface area contributed by atoms with Crippen LogP contribution in [-0.4, -0.2) is 12.5 Å². The number of nitrogens with two attached hydrogens (primary N) is 4. The Bertz CT molecular complexity index is 1010. The van der Waals surface area contributed by atoms with Gasteiger partial charge in [0.05, 0.1) is 26.3 Å². The van der Waals surface area contributed by atoms with Crippen molar-refractivity contribution in [2.75, 3.05) is 24.0 Å². The van der Waals surface area contributed by atoms with Gasteiger partial charge < -0.3 is 22.9 Å². The van der Waals surface area contributed by atoms with Crippen LogP contribution in [0.25, 0.3) is 0 Å². The molecular formula is C22H26Cl2N4S2. The van der Waals surface area contributed by atoms with Crippen LogP contribution in [0.15, 0.2) is 64.4 Å². The number of hydrogen-bond donors (Lipinski definition) is 4. The van der Waals surface area contributed by atoms with Crippen molar-refractivity contribution in [2.24, 2.45) is 11.5 Å². The zero-order chi connectivity index (χ0) is 22.5. The predicted molar refractivity (Wildman–Crippen MR) is 136 cm³/mol. The van der Waals surface area contributed by atoms with Gasteiger partial charge in [-0.2, -0.15) is 0 Å². The largest absolute Gasteiger partial charge is 0.398 e. The van der Waals surface area contributed by atoms with Crippen LogP contribution in [0.3, 0.4) is 0 Å². The smallest absolute Gasteiger partial charge is 0.118 e. The third-order valence-electron chi connectivity index (χ3n) is 4.60. The zero-order valence-electron chi connectivity index (χ0n) is 17.1. The van der Waals surface area contributed by atoms with Gasteiger partial charge in [0.25, 0.3) is 0 Å². The average molecular weight is 482 g/mol. The molecule has 0 saturated heterocycles. The van der Waals surface area contributed by atoms with E-state index in [2.05, 4.69) is 0 Å². The van der Waals surface area contributed by atoms with Crippen molar-refractivity contribution in [1.82, 2.24) is 0 Å². The van der Waals surface area contributed by atoms with E-state index in [-0.39, 0.29) is 0 Å². The first kappa shape index (κ1) is 24.7. The van der Waals surface area contributed by atoms with Crippen molar-refractivity contribution < 1.29 is 0 Å². The molecule has 0 aliphatic carbocycles. The Hall–Kier alpha value is -1.54. The maximum Gasteiger partial charge on any atom is 0.118 e. The summed E-state index contributed by atoms with van der Waals surface area (Å²) in [5.41, 5.74) is 27.1. The molecule has 0 fully saturated rings. The van der Waals surface area contributed by atoms with E-state index >= 15 is 0 Å². The van der Waals surface area contributed by atoms with Gasteiger partial charge >= 0.3 is 0 Å². The Morgan fingerprint density at radius 3 is 2.03 bits per heavy atom. The minimum Gasteiger partial charge on any atom is -0.398 e. The molecule has 0 bridgehead atoms. The number of thioether (sulfide) groups is 2. The van der Waals surface area contributed by atoms with E-state index in [4.69, 9.17) is 46.1 Å². The second kappa shape index (κ2) is 10.7. The summed E-state index contributed by atoms with van der Waals surface area (Å²) in [5.74, 6) is 0. The van der Waals surface area contributed by atoms with Crippen molar-refractivity contribution in [1.29, 1.82) is 0 Å². The van der Waals surface area contributed by atoms with Crippen LogP contribution in [0.5, 0.6) is 0 Å². The summed E-state index contributed by atoms with van der Waals surface area (Å²) in [4.78, 5) is 2.11. The highest BCUT2D eigenvalue weighted by atomic mass is 35.5. The molecule has 0 aliphatic heterocycles. The predicted octanol–water partition coefficient (Wildman–Crippen LogP) is 5.72. The topological polar surface area (TPSA) is 104 Å². The molecule has 0 radical (unpaired) electrons. The van der Waals surface area contributed by atoms with Crippen molar-refractivity contribution in [3.8, 4) is 0 Å². The first-order valence-electron chi connectivity index (χ1n) is 8.99. The van der Waals surface area contributed by atoms with Crippen LogP contribution in [0.1, 0.15) is 16.7 Å². The molecule has 0 spiro atoms. The zero-order valence-corrected chi connectivity index (χ0v) is 20.2. The number of hydrogen-bond acceptors (Lipinski definition) is 6. The van der Waals surface area contributed by atoms with Gasteiger partial charge in [0, 0.05) is 10.5 Å². The van der Waals surface area contributed by atoms with E-state index < -0.39 is 5.66 Å². The Labute approximate surface area is 196 Å². The second-order valence-corrected chi connectivity index (χ2v) is 9.04. The highest BCUT2D eigenvalue weighted by molar-refractivity contribution is 7.99. The second-order valence-electron chi connectivity index (χ2n) is 6.59. The molecule has 0 heterocycles. The summed E-state index contributed by atoms with van der Waals surface area (Å²) in [5, 5.41) is 0.836. The van der Waals surface area contributed by atoms with Gasteiger partial charge in [0.1, 0.15) is 5.66 Å². The number of anilines is 2. The fourth-order valence-electron chi connectivity index (χ4n) is 2.87. The molecule has 8 N–H and O–H groups in total. The van der Waals surface area contributed by atoms with E-state index in [1.807, 2.05) is 55.8 Å². The van der Waals surface area contributed by atoms with Crippen LogP contribution in [0.2, 0.25) is 10.0 Å².